The molecule has 2 aliphatic heterocycles. The van der Waals surface area contributed by atoms with Crippen molar-refractivity contribution >= 4 is 28.9 Å². The second-order valence-electron chi connectivity index (χ2n) is 13.6. The van der Waals surface area contributed by atoms with Gasteiger partial charge in [0.15, 0.2) is 18.3 Å². The van der Waals surface area contributed by atoms with E-state index in [0.717, 1.165) is 41.1 Å². The van der Waals surface area contributed by atoms with Crippen molar-refractivity contribution in [3.63, 3.8) is 0 Å². The van der Waals surface area contributed by atoms with Gasteiger partial charge in [-0.3, -0.25) is 9.59 Å². The van der Waals surface area contributed by atoms with Gasteiger partial charge in [0.2, 0.25) is 0 Å². The highest BCUT2D eigenvalue weighted by Gasteiger charge is 2.52. The van der Waals surface area contributed by atoms with Gasteiger partial charge in [-0.25, -0.2) is 4.58 Å². The number of hydrogen-bond donors (Lipinski definition) is 2. The number of allylic oxidation sites excluding steroid dienone is 12. The minimum absolute atomic E-state index is 0.0124. The van der Waals surface area contributed by atoms with Crippen LogP contribution >= 0.6 is 0 Å². The summed E-state index contributed by atoms with van der Waals surface area (Å²) in [4.78, 5) is 25.2. The number of nitrogens with zero attached hydrogens (tertiary/aromatic N) is 3. The summed E-state index contributed by atoms with van der Waals surface area (Å²) in [6.07, 6.45) is 22.7. The van der Waals surface area contributed by atoms with E-state index in [1.165, 1.54) is 11.1 Å². The highest BCUT2D eigenvalue weighted by Crippen LogP contribution is 2.49. The van der Waals surface area contributed by atoms with E-state index in [1.807, 2.05) is 24.3 Å². The van der Waals surface area contributed by atoms with Gasteiger partial charge in [0.25, 0.3) is 0 Å². The lowest BCUT2D eigenvalue weighted by atomic mass is 9.72. The molecule has 2 atom stereocenters. The molecule has 0 spiro atoms. The fourth-order valence-electron chi connectivity index (χ4n) is 7.34. The molecule has 46 heavy (non-hydrogen) atoms. The summed E-state index contributed by atoms with van der Waals surface area (Å²) in [5, 5.41) is 29.2. The summed E-state index contributed by atoms with van der Waals surface area (Å²) in [5.74, 6) is -1.51. The summed E-state index contributed by atoms with van der Waals surface area (Å²) in [6, 6.07) is 8.79. The summed E-state index contributed by atoms with van der Waals surface area (Å²) >= 11 is 0. The van der Waals surface area contributed by atoms with Gasteiger partial charge in [-0.15, -0.1) is 0 Å². The number of hydrogen-bond acceptors (Lipinski definition) is 4. The number of nitriles is 1. The molecular formula is C39H44N3O4+. The fourth-order valence-corrected chi connectivity index (χ4v) is 7.34. The van der Waals surface area contributed by atoms with Crippen LogP contribution in [-0.2, 0) is 15.0 Å². The Labute approximate surface area is 272 Å². The summed E-state index contributed by atoms with van der Waals surface area (Å²) < 4.78 is 2.17. The monoisotopic (exact) mass is 618 g/mol. The molecule has 238 valence electrons. The fraction of sp³-hybridized carbons (Fsp3) is 0.385. The molecule has 2 heterocycles. The number of carboxylic acids is 2. The maximum Gasteiger partial charge on any atom is 0.309 e. The quantitative estimate of drug-likeness (QED) is 0.161. The third-order valence-corrected chi connectivity index (χ3v) is 9.84. The van der Waals surface area contributed by atoms with Crippen LogP contribution in [0, 0.1) is 22.7 Å². The molecule has 0 radical (unpaired) electrons. The number of aliphatic carboxylic acids is 2. The van der Waals surface area contributed by atoms with E-state index in [4.69, 9.17) is 0 Å². The standard InChI is InChI=1S/C39H43N3O4/c1-26-11-15-32-30(23-26)38(2,3)34(41(32)21-19-36(43)44)17-12-27(25-40)13-18-35-39(4,5)31-24-29(28-9-7-6-8-10-28)14-16-33(31)42(35)22-20-37(45)46/h7,9-18,23-24,30,32H,6,8,19-22H2,1-5H3,(H-,43,44,45,46)/p+1. The van der Waals surface area contributed by atoms with Gasteiger partial charge in [-0.2, -0.15) is 5.26 Å². The van der Waals surface area contributed by atoms with Gasteiger partial charge in [-0.05, 0) is 86.7 Å². The molecule has 0 saturated carbocycles. The number of rotatable bonds is 10. The van der Waals surface area contributed by atoms with Crippen LogP contribution in [0.3, 0.4) is 0 Å². The van der Waals surface area contributed by atoms with E-state index in [-0.39, 0.29) is 30.2 Å². The van der Waals surface area contributed by atoms with Gasteiger partial charge in [0.05, 0.1) is 29.4 Å². The Bertz CT molecular complexity index is 1740. The zero-order valence-corrected chi connectivity index (χ0v) is 27.5. The average Bonchev–Trinajstić information content (AvgIpc) is 3.36. The van der Waals surface area contributed by atoms with Crippen LogP contribution in [0.1, 0.15) is 71.4 Å². The third kappa shape index (κ3) is 6.35. The Balaban J connectivity index is 1.52. The van der Waals surface area contributed by atoms with Crippen LogP contribution in [-0.4, -0.2) is 51.6 Å². The van der Waals surface area contributed by atoms with E-state index in [1.54, 1.807) is 0 Å². The first-order valence-corrected chi connectivity index (χ1v) is 16.1. The lowest BCUT2D eigenvalue weighted by Crippen LogP contribution is -2.31. The normalized spacial score (nSPS) is 23.8. The molecule has 5 rings (SSSR count). The smallest absolute Gasteiger partial charge is 0.309 e. The molecule has 2 unspecified atom stereocenters. The second kappa shape index (κ2) is 13.0. The van der Waals surface area contributed by atoms with Gasteiger partial charge in [-0.1, -0.05) is 55.9 Å². The third-order valence-electron chi connectivity index (χ3n) is 9.84. The van der Waals surface area contributed by atoms with Crippen LogP contribution in [0.25, 0.3) is 5.57 Å². The molecule has 0 amide bonds. The van der Waals surface area contributed by atoms with Crippen molar-refractivity contribution in [2.24, 2.45) is 11.3 Å². The van der Waals surface area contributed by atoms with Crippen molar-refractivity contribution in [2.75, 3.05) is 18.0 Å². The Morgan fingerprint density at radius 3 is 2.54 bits per heavy atom. The molecule has 0 saturated heterocycles. The van der Waals surface area contributed by atoms with E-state index >= 15 is 0 Å². The van der Waals surface area contributed by atoms with Crippen LogP contribution in [0.15, 0.2) is 95.8 Å². The molecule has 1 aromatic rings. The number of fused-ring (bicyclic) bond motifs is 2. The van der Waals surface area contributed by atoms with Gasteiger partial charge in [0.1, 0.15) is 6.42 Å². The largest absolute Gasteiger partial charge is 0.481 e. The first-order chi connectivity index (χ1) is 21.8. The molecule has 2 aliphatic carbocycles. The highest BCUT2D eigenvalue weighted by atomic mass is 16.4. The highest BCUT2D eigenvalue weighted by molar-refractivity contribution is 5.97. The van der Waals surface area contributed by atoms with Crippen LogP contribution in [0.4, 0.5) is 5.69 Å². The molecule has 1 aromatic carbocycles. The van der Waals surface area contributed by atoms with Gasteiger partial charge < -0.3 is 15.1 Å². The number of carboxylic acid groups (broad SMARTS) is 2. The maximum absolute atomic E-state index is 11.6. The minimum Gasteiger partial charge on any atom is -0.481 e. The average molecular weight is 619 g/mol. The molecule has 4 aliphatic rings. The van der Waals surface area contributed by atoms with Crippen molar-refractivity contribution in [3.05, 3.63) is 107 Å². The Morgan fingerprint density at radius 2 is 1.87 bits per heavy atom. The van der Waals surface area contributed by atoms with E-state index in [0.29, 0.717) is 18.7 Å². The lowest BCUT2D eigenvalue weighted by Gasteiger charge is -2.26. The first-order valence-electron chi connectivity index (χ1n) is 16.1. The van der Waals surface area contributed by atoms with Crippen molar-refractivity contribution in [3.8, 4) is 6.07 Å². The predicted molar refractivity (Wildman–Crippen MR) is 183 cm³/mol. The number of carbonyl (C=O) groups is 2. The molecule has 0 aromatic heterocycles. The molecular weight excluding hydrogens is 574 g/mol. The predicted octanol–water partition coefficient (Wildman–Crippen LogP) is 7.35. The Kier molecular flexibility index (Phi) is 9.21. The summed E-state index contributed by atoms with van der Waals surface area (Å²) in [6.45, 7) is 11.4. The zero-order chi connectivity index (χ0) is 33.2. The maximum atomic E-state index is 11.6. The lowest BCUT2D eigenvalue weighted by molar-refractivity contribution is -0.549. The molecule has 0 fully saturated rings. The van der Waals surface area contributed by atoms with E-state index in [9.17, 15) is 25.1 Å². The van der Waals surface area contributed by atoms with Crippen molar-refractivity contribution in [2.45, 2.75) is 71.8 Å². The summed E-state index contributed by atoms with van der Waals surface area (Å²) in [7, 11) is 0. The molecule has 7 nitrogen and oxygen atoms in total. The van der Waals surface area contributed by atoms with Crippen LogP contribution in [0.5, 0.6) is 0 Å². The topological polar surface area (TPSA) is 105 Å². The molecule has 2 N–H and O–H groups in total. The minimum atomic E-state index is -0.861. The van der Waals surface area contributed by atoms with Crippen LogP contribution < -0.4 is 4.90 Å². The Morgan fingerprint density at radius 1 is 1.11 bits per heavy atom. The Hall–Kier alpha value is -4.70. The van der Waals surface area contributed by atoms with Crippen molar-refractivity contribution < 1.29 is 24.4 Å². The molecule has 7 heteroatoms. The first kappa shape index (κ1) is 32.7. The number of anilines is 1. The van der Waals surface area contributed by atoms with Crippen LogP contribution in [0.2, 0.25) is 0 Å². The van der Waals surface area contributed by atoms with E-state index in [2.05, 4.69) is 105 Å². The van der Waals surface area contributed by atoms with Gasteiger partial charge in [0, 0.05) is 29.4 Å². The second-order valence-corrected chi connectivity index (χ2v) is 13.6. The summed E-state index contributed by atoms with van der Waals surface area (Å²) in [5.41, 5.74) is 7.33. The van der Waals surface area contributed by atoms with Gasteiger partial charge >= 0.3 is 11.9 Å². The number of benzene rings is 1. The van der Waals surface area contributed by atoms with E-state index < -0.39 is 17.4 Å². The van der Waals surface area contributed by atoms with Crippen molar-refractivity contribution in [1.29, 1.82) is 5.26 Å². The zero-order valence-electron chi connectivity index (χ0n) is 27.5. The molecule has 0 bridgehead atoms. The SMILES string of the molecule is CC1=CC2C(C=C1)[N+](CCC(=O)O)=C(/C=C/C(C#N)=C/C=C1/N(CCC(=O)O)c3ccc(C4=CCCC=C4)cc3C1(C)C)C2(C)C. The van der Waals surface area contributed by atoms with Crippen molar-refractivity contribution in [1.82, 2.24) is 0 Å².